The molecule has 0 atom stereocenters. The second-order valence-electron chi connectivity index (χ2n) is 6.49. The first kappa shape index (κ1) is 20.1. The van der Waals surface area contributed by atoms with Gasteiger partial charge < -0.3 is 10.2 Å². The molecule has 0 unspecified atom stereocenters. The predicted molar refractivity (Wildman–Crippen MR) is 116 cm³/mol. The van der Waals surface area contributed by atoms with E-state index in [1.54, 1.807) is 12.3 Å². The van der Waals surface area contributed by atoms with Crippen LogP contribution in [0.25, 0.3) is 0 Å². The molecule has 27 heavy (non-hydrogen) atoms. The van der Waals surface area contributed by atoms with Crippen LogP contribution in [0, 0.1) is 9.49 Å². The van der Waals surface area contributed by atoms with Crippen molar-refractivity contribution >= 4 is 46.2 Å². The molecule has 0 aliphatic carbocycles. The highest BCUT2D eigenvalue weighted by Crippen LogP contribution is 2.23. The minimum Gasteiger partial charge on any atom is -0.352 e. The van der Waals surface area contributed by atoms with Gasteiger partial charge in [-0.15, -0.1) is 11.8 Å². The van der Waals surface area contributed by atoms with E-state index in [9.17, 15) is 9.59 Å². The molecule has 1 fully saturated rings. The third kappa shape index (κ3) is 5.01. The lowest BCUT2D eigenvalue weighted by molar-refractivity contribution is 0.0680. The zero-order chi connectivity index (χ0) is 19.2. The molecule has 0 bridgehead atoms. The summed E-state index contributed by atoms with van der Waals surface area (Å²) in [6, 6.07) is 11.2. The second kappa shape index (κ2) is 9.54. The first-order valence-corrected chi connectivity index (χ1v) is 11.2. The summed E-state index contributed by atoms with van der Waals surface area (Å²) >= 11 is 3.67. The minimum atomic E-state index is -0.0292. The Labute approximate surface area is 177 Å². The highest BCUT2D eigenvalue weighted by atomic mass is 127. The third-order valence-corrected chi connectivity index (χ3v) is 6.42. The van der Waals surface area contributed by atoms with Crippen molar-refractivity contribution in [3.8, 4) is 0 Å². The van der Waals surface area contributed by atoms with Crippen LogP contribution in [-0.4, -0.2) is 47.6 Å². The first-order valence-electron chi connectivity index (χ1n) is 8.91. The van der Waals surface area contributed by atoms with Crippen LogP contribution in [0.5, 0.6) is 0 Å². The molecule has 1 N–H and O–H groups in total. The topological polar surface area (TPSA) is 62.3 Å². The van der Waals surface area contributed by atoms with E-state index in [0.29, 0.717) is 36.7 Å². The fourth-order valence-electron chi connectivity index (χ4n) is 3.20. The Kier molecular flexibility index (Phi) is 7.12. The van der Waals surface area contributed by atoms with E-state index in [1.807, 2.05) is 41.5 Å². The molecule has 0 radical (unpaired) electrons. The second-order valence-corrected chi connectivity index (χ2v) is 8.44. The highest BCUT2D eigenvalue weighted by Gasteiger charge is 2.25. The Bertz CT molecular complexity index is 822. The maximum Gasteiger partial charge on any atom is 0.256 e. The van der Waals surface area contributed by atoms with Crippen LogP contribution in [-0.2, 0) is 0 Å². The van der Waals surface area contributed by atoms with E-state index in [1.165, 1.54) is 11.8 Å². The highest BCUT2D eigenvalue weighted by molar-refractivity contribution is 14.1. The first-order chi connectivity index (χ1) is 13.1. The number of hydrogen-bond acceptors (Lipinski definition) is 4. The molecule has 1 aliphatic heterocycles. The van der Waals surface area contributed by atoms with Gasteiger partial charge in [-0.1, -0.05) is 12.1 Å². The molecule has 3 rings (SSSR count). The molecule has 1 aromatic heterocycles. The minimum absolute atomic E-state index is 0.0292. The van der Waals surface area contributed by atoms with Crippen molar-refractivity contribution in [3.63, 3.8) is 0 Å². The lowest BCUT2D eigenvalue weighted by atomic mass is 9.96. The maximum atomic E-state index is 12.8. The largest absolute Gasteiger partial charge is 0.352 e. The van der Waals surface area contributed by atoms with E-state index in [4.69, 9.17) is 0 Å². The van der Waals surface area contributed by atoms with Gasteiger partial charge in [0.1, 0.15) is 5.03 Å². The number of rotatable bonds is 5. The summed E-state index contributed by atoms with van der Waals surface area (Å²) in [6.45, 7) is 2.07. The SMILES string of the molecule is CSc1ncccc1C(=O)N1CCC(CNC(=O)c2ccccc2I)CC1. The Morgan fingerprint density at radius 2 is 1.89 bits per heavy atom. The molecule has 142 valence electrons. The van der Waals surface area contributed by atoms with Gasteiger partial charge >= 0.3 is 0 Å². The molecular weight excluding hydrogens is 473 g/mol. The van der Waals surface area contributed by atoms with Gasteiger partial charge in [-0.05, 0) is 71.9 Å². The van der Waals surface area contributed by atoms with Crippen molar-refractivity contribution in [1.29, 1.82) is 0 Å². The van der Waals surface area contributed by atoms with E-state index in [-0.39, 0.29) is 11.8 Å². The number of hydrogen-bond donors (Lipinski definition) is 1. The van der Waals surface area contributed by atoms with Gasteiger partial charge in [-0.3, -0.25) is 9.59 Å². The molecule has 0 saturated carbocycles. The number of carbonyl (C=O) groups is 2. The number of likely N-dealkylation sites (tertiary alicyclic amines) is 1. The molecule has 1 saturated heterocycles. The number of piperidine rings is 1. The van der Waals surface area contributed by atoms with Gasteiger partial charge in [0.25, 0.3) is 11.8 Å². The molecule has 0 spiro atoms. The lowest BCUT2D eigenvalue weighted by Gasteiger charge is -2.32. The summed E-state index contributed by atoms with van der Waals surface area (Å²) < 4.78 is 0.953. The number of carbonyl (C=O) groups excluding carboxylic acids is 2. The van der Waals surface area contributed by atoms with Crippen LogP contribution in [0.2, 0.25) is 0 Å². The number of thioether (sulfide) groups is 1. The van der Waals surface area contributed by atoms with Crippen LogP contribution < -0.4 is 5.32 Å². The van der Waals surface area contributed by atoms with Crippen molar-refractivity contribution in [2.45, 2.75) is 17.9 Å². The van der Waals surface area contributed by atoms with Gasteiger partial charge in [0, 0.05) is 29.4 Å². The average Bonchev–Trinajstić information content (AvgIpc) is 2.72. The van der Waals surface area contributed by atoms with Crippen LogP contribution in [0.3, 0.4) is 0 Å². The molecule has 2 heterocycles. The van der Waals surface area contributed by atoms with E-state index in [0.717, 1.165) is 21.4 Å². The van der Waals surface area contributed by atoms with Crippen molar-refractivity contribution < 1.29 is 9.59 Å². The summed E-state index contributed by atoms with van der Waals surface area (Å²) in [5, 5.41) is 3.82. The Balaban J connectivity index is 1.51. The van der Waals surface area contributed by atoms with Crippen LogP contribution in [0.15, 0.2) is 47.6 Å². The summed E-state index contributed by atoms with van der Waals surface area (Å²) in [7, 11) is 0. The maximum absolute atomic E-state index is 12.8. The summed E-state index contributed by atoms with van der Waals surface area (Å²) in [5.41, 5.74) is 1.39. The van der Waals surface area contributed by atoms with Gasteiger partial charge in [-0.2, -0.15) is 0 Å². The zero-order valence-electron chi connectivity index (χ0n) is 15.2. The van der Waals surface area contributed by atoms with Crippen molar-refractivity contribution in [3.05, 3.63) is 57.3 Å². The van der Waals surface area contributed by atoms with Crippen LogP contribution >= 0.6 is 34.4 Å². The summed E-state index contributed by atoms with van der Waals surface area (Å²) in [5.74, 6) is 0.417. The van der Waals surface area contributed by atoms with E-state index < -0.39 is 0 Å². The van der Waals surface area contributed by atoms with Crippen LogP contribution in [0.4, 0.5) is 0 Å². The average molecular weight is 495 g/mol. The molecule has 1 aliphatic rings. The van der Waals surface area contributed by atoms with Gasteiger partial charge in [0.05, 0.1) is 11.1 Å². The van der Waals surface area contributed by atoms with Crippen LogP contribution in [0.1, 0.15) is 33.6 Å². The predicted octanol–water partition coefficient (Wildman–Crippen LogP) is 3.69. The molecule has 5 nitrogen and oxygen atoms in total. The van der Waals surface area contributed by atoms with Gasteiger partial charge in [0.15, 0.2) is 0 Å². The van der Waals surface area contributed by atoms with Gasteiger partial charge in [0.2, 0.25) is 0 Å². The Hall–Kier alpha value is -1.61. The monoisotopic (exact) mass is 495 g/mol. The van der Waals surface area contributed by atoms with E-state index in [2.05, 4.69) is 32.9 Å². The van der Waals surface area contributed by atoms with Crippen molar-refractivity contribution in [2.75, 3.05) is 25.9 Å². The number of pyridine rings is 1. The number of benzene rings is 1. The third-order valence-electron chi connectivity index (χ3n) is 4.77. The fraction of sp³-hybridized carbons (Fsp3) is 0.350. The number of aromatic nitrogens is 1. The van der Waals surface area contributed by atoms with Crippen molar-refractivity contribution in [1.82, 2.24) is 15.2 Å². The normalized spacial score (nSPS) is 14.8. The molecule has 2 aromatic rings. The standard InChI is InChI=1S/C20H22IN3O2S/c1-27-19-16(6-4-10-22-19)20(26)24-11-8-14(9-12-24)13-23-18(25)15-5-2-3-7-17(15)21/h2-7,10,14H,8-9,11-13H2,1H3,(H,23,25). The number of amides is 2. The summed E-state index contributed by atoms with van der Waals surface area (Å²) in [6.07, 6.45) is 5.44. The molecule has 1 aromatic carbocycles. The molecule has 7 heteroatoms. The number of halogens is 1. The summed E-state index contributed by atoms with van der Waals surface area (Å²) in [4.78, 5) is 31.3. The Morgan fingerprint density at radius 3 is 2.59 bits per heavy atom. The van der Waals surface area contributed by atoms with Crippen molar-refractivity contribution in [2.24, 2.45) is 5.92 Å². The van der Waals surface area contributed by atoms with Gasteiger partial charge in [-0.25, -0.2) is 4.98 Å². The van der Waals surface area contributed by atoms with E-state index >= 15 is 0 Å². The Morgan fingerprint density at radius 1 is 1.19 bits per heavy atom. The quantitative estimate of drug-likeness (QED) is 0.508. The molecule has 2 amide bonds. The number of nitrogens with zero attached hydrogens (tertiary/aromatic N) is 2. The smallest absolute Gasteiger partial charge is 0.256 e. The number of nitrogens with one attached hydrogen (secondary N) is 1. The zero-order valence-corrected chi connectivity index (χ0v) is 18.1. The fourth-order valence-corrected chi connectivity index (χ4v) is 4.38. The lowest BCUT2D eigenvalue weighted by Crippen LogP contribution is -2.41. The molecular formula is C20H22IN3O2S.